The number of esters is 1. The number of nitrogens with two attached hydrogens (primary N) is 1. The number of amides is 1. The fraction of sp³-hybridized carbons (Fsp3) is 0.167. The number of hydrogen-bond acceptors (Lipinski definition) is 7. The molecule has 0 atom stereocenters. The molecule has 8 nitrogen and oxygen atoms in total. The number of nitrogens with zero attached hydrogens (tertiary/aromatic N) is 2. The summed E-state index contributed by atoms with van der Waals surface area (Å²) in [6.07, 6.45) is 0. The second-order valence-electron chi connectivity index (χ2n) is 3.97. The van der Waals surface area contributed by atoms with E-state index in [4.69, 9.17) is 5.73 Å². The van der Waals surface area contributed by atoms with Gasteiger partial charge in [-0.2, -0.15) is 0 Å². The van der Waals surface area contributed by atoms with Crippen LogP contribution in [0, 0.1) is 6.92 Å². The molecule has 0 aliphatic carbocycles. The highest BCUT2D eigenvalue weighted by Gasteiger charge is 2.17. The molecule has 0 saturated heterocycles. The molecule has 2 aromatic rings. The molecule has 0 aliphatic heterocycles. The van der Waals surface area contributed by atoms with E-state index in [1.807, 2.05) is 0 Å². The standard InChI is InChI=1S/C12H12N4O4/c1-6-3-4-7(12(18)19-2)5-8(6)14-11(17)9-10(13)16-20-15-9/h3-5H,1-2H3,(H2,13,16)(H,14,17). The summed E-state index contributed by atoms with van der Waals surface area (Å²) in [5.41, 5.74) is 6.84. The van der Waals surface area contributed by atoms with E-state index >= 15 is 0 Å². The van der Waals surface area contributed by atoms with Crippen LogP contribution in [0.5, 0.6) is 0 Å². The van der Waals surface area contributed by atoms with E-state index in [0.29, 0.717) is 11.3 Å². The summed E-state index contributed by atoms with van der Waals surface area (Å²) in [7, 11) is 1.28. The van der Waals surface area contributed by atoms with Crippen molar-refractivity contribution in [2.45, 2.75) is 6.92 Å². The maximum absolute atomic E-state index is 11.9. The zero-order valence-corrected chi connectivity index (χ0v) is 10.8. The number of nitrogens with one attached hydrogen (secondary N) is 1. The lowest BCUT2D eigenvalue weighted by molar-refractivity contribution is 0.0600. The third-order valence-corrected chi connectivity index (χ3v) is 2.64. The Bertz CT molecular complexity index is 665. The molecule has 0 aliphatic rings. The van der Waals surface area contributed by atoms with Crippen molar-refractivity contribution in [1.82, 2.24) is 10.3 Å². The molecule has 3 N–H and O–H groups in total. The maximum Gasteiger partial charge on any atom is 0.337 e. The Hall–Kier alpha value is -2.90. The summed E-state index contributed by atoms with van der Waals surface area (Å²) in [5, 5.41) is 9.30. The Kier molecular flexibility index (Phi) is 3.65. The minimum absolute atomic E-state index is 0.107. The van der Waals surface area contributed by atoms with Crippen LogP contribution < -0.4 is 11.1 Å². The van der Waals surface area contributed by atoms with Gasteiger partial charge in [-0.3, -0.25) is 4.79 Å². The van der Waals surface area contributed by atoms with E-state index in [9.17, 15) is 9.59 Å². The highest BCUT2D eigenvalue weighted by Crippen LogP contribution is 2.19. The highest BCUT2D eigenvalue weighted by atomic mass is 16.6. The Morgan fingerprint density at radius 1 is 1.35 bits per heavy atom. The van der Waals surface area contributed by atoms with Crippen LogP contribution in [-0.2, 0) is 4.74 Å². The highest BCUT2D eigenvalue weighted by molar-refractivity contribution is 6.06. The summed E-state index contributed by atoms with van der Waals surface area (Å²) in [4.78, 5) is 23.4. The van der Waals surface area contributed by atoms with E-state index < -0.39 is 11.9 Å². The van der Waals surface area contributed by atoms with Crippen LogP contribution in [0.3, 0.4) is 0 Å². The van der Waals surface area contributed by atoms with Crippen molar-refractivity contribution in [3.05, 3.63) is 35.0 Å². The van der Waals surface area contributed by atoms with Gasteiger partial charge in [0.15, 0.2) is 0 Å². The molecule has 1 amide bonds. The van der Waals surface area contributed by atoms with Gasteiger partial charge in [0, 0.05) is 5.69 Å². The van der Waals surface area contributed by atoms with E-state index in [1.165, 1.54) is 13.2 Å². The van der Waals surface area contributed by atoms with Gasteiger partial charge >= 0.3 is 5.97 Å². The van der Waals surface area contributed by atoms with Crippen LogP contribution in [0.15, 0.2) is 22.8 Å². The molecular weight excluding hydrogens is 264 g/mol. The predicted octanol–water partition coefficient (Wildman–Crippen LogP) is 0.999. The SMILES string of the molecule is COC(=O)c1ccc(C)c(NC(=O)c2nonc2N)c1. The molecule has 20 heavy (non-hydrogen) atoms. The van der Waals surface area contributed by atoms with Crippen molar-refractivity contribution in [1.29, 1.82) is 0 Å². The van der Waals surface area contributed by atoms with E-state index in [-0.39, 0.29) is 11.5 Å². The van der Waals surface area contributed by atoms with Crippen molar-refractivity contribution in [2.75, 3.05) is 18.2 Å². The van der Waals surface area contributed by atoms with Crippen LogP contribution in [0.25, 0.3) is 0 Å². The minimum Gasteiger partial charge on any atom is -0.465 e. The van der Waals surface area contributed by atoms with Crippen LogP contribution in [0.2, 0.25) is 0 Å². The molecule has 1 heterocycles. The van der Waals surface area contributed by atoms with Crippen molar-refractivity contribution >= 4 is 23.4 Å². The van der Waals surface area contributed by atoms with Crippen LogP contribution in [0.4, 0.5) is 11.5 Å². The smallest absolute Gasteiger partial charge is 0.337 e. The van der Waals surface area contributed by atoms with E-state index in [2.05, 4.69) is 25.0 Å². The second kappa shape index (κ2) is 5.39. The average Bonchev–Trinajstić information content (AvgIpc) is 2.86. The molecule has 1 aromatic carbocycles. The van der Waals surface area contributed by atoms with Gasteiger partial charge in [0.2, 0.25) is 11.5 Å². The van der Waals surface area contributed by atoms with Gasteiger partial charge in [-0.05, 0) is 34.9 Å². The normalized spacial score (nSPS) is 10.1. The first kappa shape index (κ1) is 13.5. The number of aromatic nitrogens is 2. The number of hydrogen-bond donors (Lipinski definition) is 2. The van der Waals surface area contributed by atoms with Crippen molar-refractivity contribution in [3.63, 3.8) is 0 Å². The number of anilines is 2. The molecule has 0 spiro atoms. The number of nitrogen functional groups attached to an aromatic ring is 1. The summed E-state index contributed by atoms with van der Waals surface area (Å²) in [5.74, 6) is -1.18. The molecule has 104 valence electrons. The molecular formula is C12H12N4O4. The lowest BCUT2D eigenvalue weighted by Crippen LogP contribution is -2.15. The zero-order chi connectivity index (χ0) is 14.7. The Labute approximate surface area is 113 Å². The molecule has 0 saturated carbocycles. The van der Waals surface area contributed by atoms with Gasteiger partial charge in [0.25, 0.3) is 5.91 Å². The molecule has 0 fully saturated rings. The fourth-order valence-electron chi connectivity index (χ4n) is 1.54. The quantitative estimate of drug-likeness (QED) is 0.802. The first-order valence-corrected chi connectivity index (χ1v) is 5.61. The Morgan fingerprint density at radius 3 is 2.70 bits per heavy atom. The third-order valence-electron chi connectivity index (χ3n) is 2.64. The zero-order valence-electron chi connectivity index (χ0n) is 10.8. The second-order valence-corrected chi connectivity index (χ2v) is 3.97. The summed E-state index contributed by atoms with van der Waals surface area (Å²) >= 11 is 0. The molecule has 0 bridgehead atoms. The Balaban J connectivity index is 2.27. The number of carbonyl (C=O) groups is 2. The van der Waals surface area contributed by atoms with Crippen LogP contribution in [-0.4, -0.2) is 29.3 Å². The summed E-state index contributed by atoms with van der Waals surface area (Å²) < 4.78 is 8.97. The van der Waals surface area contributed by atoms with Crippen molar-refractivity contribution < 1.29 is 19.0 Å². The van der Waals surface area contributed by atoms with Gasteiger partial charge in [-0.1, -0.05) is 6.07 Å². The minimum atomic E-state index is -0.575. The van der Waals surface area contributed by atoms with Gasteiger partial charge < -0.3 is 15.8 Å². The molecule has 0 radical (unpaired) electrons. The van der Waals surface area contributed by atoms with Crippen LogP contribution in [0.1, 0.15) is 26.4 Å². The number of benzene rings is 1. The number of carbonyl (C=O) groups excluding carboxylic acids is 2. The number of ether oxygens (including phenoxy) is 1. The van der Waals surface area contributed by atoms with Crippen molar-refractivity contribution in [2.24, 2.45) is 0 Å². The van der Waals surface area contributed by atoms with E-state index in [1.54, 1.807) is 19.1 Å². The average molecular weight is 276 g/mol. The molecule has 8 heteroatoms. The van der Waals surface area contributed by atoms with Gasteiger partial charge in [-0.25, -0.2) is 9.42 Å². The Morgan fingerprint density at radius 2 is 2.10 bits per heavy atom. The molecule has 1 aromatic heterocycles. The van der Waals surface area contributed by atoms with Gasteiger partial charge in [0.1, 0.15) is 0 Å². The lowest BCUT2D eigenvalue weighted by Gasteiger charge is -2.08. The summed E-state index contributed by atoms with van der Waals surface area (Å²) in [6, 6.07) is 4.79. The van der Waals surface area contributed by atoms with Gasteiger partial charge in [0.05, 0.1) is 12.7 Å². The largest absolute Gasteiger partial charge is 0.465 e. The molecule has 0 unspecified atom stereocenters. The first-order valence-electron chi connectivity index (χ1n) is 5.61. The lowest BCUT2D eigenvalue weighted by atomic mass is 10.1. The first-order chi connectivity index (χ1) is 9.52. The van der Waals surface area contributed by atoms with Crippen LogP contribution >= 0.6 is 0 Å². The summed E-state index contributed by atoms with van der Waals surface area (Å²) in [6.45, 7) is 1.78. The monoisotopic (exact) mass is 276 g/mol. The molecule has 2 rings (SSSR count). The third kappa shape index (κ3) is 2.58. The number of methoxy groups -OCH3 is 1. The van der Waals surface area contributed by atoms with Gasteiger partial charge in [-0.15, -0.1) is 0 Å². The number of rotatable bonds is 3. The van der Waals surface area contributed by atoms with E-state index in [0.717, 1.165) is 5.56 Å². The fourth-order valence-corrected chi connectivity index (χ4v) is 1.54. The number of aryl methyl sites for hydroxylation is 1. The predicted molar refractivity (Wildman–Crippen MR) is 69.2 cm³/mol. The maximum atomic E-state index is 11.9. The van der Waals surface area contributed by atoms with Crippen molar-refractivity contribution in [3.8, 4) is 0 Å². The topological polar surface area (TPSA) is 120 Å².